The van der Waals surface area contributed by atoms with Gasteiger partial charge in [0.05, 0.1) is 12.2 Å². The SMILES string of the molecule is CCCCCCCCCOc1ccc(C(=O)Oc2ccc(OCC#N)cc2)cc1. The number of carbonyl (C=O) groups excluding carboxylic acids is 1. The monoisotopic (exact) mass is 395 g/mol. The summed E-state index contributed by atoms with van der Waals surface area (Å²) in [5, 5.41) is 8.50. The molecule has 5 heteroatoms. The van der Waals surface area contributed by atoms with E-state index in [1.54, 1.807) is 48.5 Å². The summed E-state index contributed by atoms with van der Waals surface area (Å²) in [5.74, 6) is 1.29. The third-order valence-corrected chi connectivity index (χ3v) is 4.44. The van der Waals surface area contributed by atoms with Crippen LogP contribution in [0, 0.1) is 11.3 Å². The number of hydrogen-bond acceptors (Lipinski definition) is 5. The van der Waals surface area contributed by atoms with Gasteiger partial charge in [0, 0.05) is 0 Å². The molecule has 0 amide bonds. The van der Waals surface area contributed by atoms with E-state index in [4.69, 9.17) is 19.5 Å². The van der Waals surface area contributed by atoms with Crippen LogP contribution in [0.3, 0.4) is 0 Å². The molecule has 0 aliphatic carbocycles. The van der Waals surface area contributed by atoms with Crippen molar-refractivity contribution < 1.29 is 19.0 Å². The predicted octanol–water partition coefficient (Wildman–Crippen LogP) is 5.94. The van der Waals surface area contributed by atoms with Crippen LogP contribution >= 0.6 is 0 Å². The van der Waals surface area contributed by atoms with E-state index in [-0.39, 0.29) is 6.61 Å². The van der Waals surface area contributed by atoms with Crippen LogP contribution in [0.4, 0.5) is 0 Å². The molecule has 0 heterocycles. The summed E-state index contributed by atoms with van der Waals surface area (Å²) in [4.78, 5) is 12.3. The number of hydrogen-bond donors (Lipinski definition) is 0. The molecule has 0 saturated heterocycles. The van der Waals surface area contributed by atoms with E-state index in [0.717, 1.165) is 12.2 Å². The Morgan fingerprint density at radius 3 is 2.00 bits per heavy atom. The number of unbranched alkanes of at least 4 members (excludes halogenated alkanes) is 6. The maximum absolute atomic E-state index is 12.3. The van der Waals surface area contributed by atoms with Crippen molar-refractivity contribution in [1.82, 2.24) is 0 Å². The first-order chi connectivity index (χ1) is 14.2. The zero-order valence-electron chi connectivity index (χ0n) is 17.1. The third-order valence-electron chi connectivity index (χ3n) is 4.44. The second-order valence-electron chi connectivity index (χ2n) is 6.80. The van der Waals surface area contributed by atoms with Crippen molar-refractivity contribution in [2.24, 2.45) is 0 Å². The van der Waals surface area contributed by atoms with Crippen molar-refractivity contribution in [2.45, 2.75) is 51.9 Å². The average molecular weight is 395 g/mol. The summed E-state index contributed by atoms with van der Waals surface area (Å²) >= 11 is 0. The molecule has 154 valence electrons. The molecular weight excluding hydrogens is 366 g/mol. The Hall–Kier alpha value is -3.00. The van der Waals surface area contributed by atoms with Crippen LogP contribution in [-0.4, -0.2) is 19.2 Å². The lowest BCUT2D eigenvalue weighted by Crippen LogP contribution is -2.08. The van der Waals surface area contributed by atoms with Gasteiger partial charge in [0.2, 0.25) is 0 Å². The maximum atomic E-state index is 12.3. The number of ether oxygens (including phenoxy) is 3. The first-order valence-corrected chi connectivity index (χ1v) is 10.3. The largest absolute Gasteiger partial charge is 0.494 e. The minimum absolute atomic E-state index is 0.0213. The molecule has 0 saturated carbocycles. The van der Waals surface area contributed by atoms with Crippen molar-refractivity contribution in [2.75, 3.05) is 13.2 Å². The highest BCUT2D eigenvalue weighted by atomic mass is 16.5. The lowest BCUT2D eigenvalue weighted by atomic mass is 10.1. The standard InChI is InChI=1S/C24H29NO4/c1-2-3-4-5-6-7-8-18-27-21-11-9-20(10-12-21)24(26)29-23-15-13-22(14-16-23)28-19-17-25/h9-16H,2-8,18-19H2,1H3. The van der Waals surface area contributed by atoms with Crippen LogP contribution in [0.25, 0.3) is 0 Å². The molecule has 0 aromatic heterocycles. The summed E-state index contributed by atoms with van der Waals surface area (Å²) in [6.45, 7) is 2.90. The Labute approximate surface area is 173 Å². The van der Waals surface area contributed by atoms with Crippen LogP contribution in [0.15, 0.2) is 48.5 Å². The molecule has 2 aromatic carbocycles. The van der Waals surface area contributed by atoms with Gasteiger partial charge in [-0.1, -0.05) is 45.4 Å². The molecule has 5 nitrogen and oxygen atoms in total. The fraction of sp³-hybridized carbons (Fsp3) is 0.417. The second kappa shape index (κ2) is 13.2. The summed E-state index contributed by atoms with van der Waals surface area (Å²) < 4.78 is 16.3. The van der Waals surface area contributed by atoms with E-state index in [9.17, 15) is 4.79 Å². The maximum Gasteiger partial charge on any atom is 0.343 e. The van der Waals surface area contributed by atoms with Gasteiger partial charge < -0.3 is 14.2 Å². The van der Waals surface area contributed by atoms with E-state index in [1.807, 2.05) is 6.07 Å². The number of esters is 1. The van der Waals surface area contributed by atoms with Crippen molar-refractivity contribution >= 4 is 5.97 Å². The summed E-state index contributed by atoms with van der Waals surface area (Å²) in [6.07, 6.45) is 8.73. The zero-order valence-corrected chi connectivity index (χ0v) is 17.1. The predicted molar refractivity (Wildman–Crippen MR) is 112 cm³/mol. The zero-order chi connectivity index (χ0) is 20.7. The highest BCUT2D eigenvalue weighted by Gasteiger charge is 2.09. The topological polar surface area (TPSA) is 68.6 Å². The highest BCUT2D eigenvalue weighted by Crippen LogP contribution is 2.20. The van der Waals surface area contributed by atoms with Gasteiger partial charge in [0.1, 0.15) is 23.3 Å². The van der Waals surface area contributed by atoms with E-state index in [1.165, 1.54) is 38.5 Å². The molecule has 0 bridgehead atoms. The summed E-state index contributed by atoms with van der Waals surface area (Å²) in [5.41, 5.74) is 0.457. The molecule has 2 aromatic rings. The van der Waals surface area contributed by atoms with E-state index >= 15 is 0 Å². The molecule has 0 aliphatic rings. The second-order valence-corrected chi connectivity index (χ2v) is 6.80. The quantitative estimate of drug-likeness (QED) is 0.239. The Balaban J connectivity index is 1.70. The highest BCUT2D eigenvalue weighted by molar-refractivity contribution is 5.91. The Morgan fingerprint density at radius 1 is 0.793 bits per heavy atom. The molecule has 0 N–H and O–H groups in total. The minimum Gasteiger partial charge on any atom is -0.494 e. The average Bonchev–Trinajstić information content (AvgIpc) is 2.75. The Morgan fingerprint density at radius 2 is 1.34 bits per heavy atom. The van der Waals surface area contributed by atoms with Crippen molar-refractivity contribution in [3.05, 3.63) is 54.1 Å². The van der Waals surface area contributed by atoms with Crippen LogP contribution in [0.5, 0.6) is 17.2 Å². The molecule has 0 radical (unpaired) electrons. The van der Waals surface area contributed by atoms with Crippen molar-refractivity contribution in [3.63, 3.8) is 0 Å². The van der Waals surface area contributed by atoms with E-state index in [0.29, 0.717) is 23.7 Å². The molecule has 2 rings (SSSR count). The first kappa shape index (κ1) is 22.3. The molecule has 0 spiro atoms. The molecule has 0 unspecified atom stereocenters. The molecular formula is C24H29NO4. The van der Waals surface area contributed by atoms with Gasteiger partial charge in [0.15, 0.2) is 6.61 Å². The molecule has 0 atom stereocenters. The van der Waals surface area contributed by atoms with Crippen molar-refractivity contribution in [3.8, 4) is 23.3 Å². The lowest BCUT2D eigenvalue weighted by molar-refractivity contribution is 0.0734. The minimum atomic E-state index is -0.436. The summed E-state index contributed by atoms with van der Waals surface area (Å²) in [7, 11) is 0. The number of carbonyl (C=O) groups is 1. The van der Waals surface area contributed by atoms with Crippen molar-refractivity contribution in [1.29, 1.82) is 5.26 Å². The Bertz CT molecular complexity index is 763. The van der Waals surface area contributed by atoms with Gasteiger partial charge in [-0.3, -0.25) is 0 Å². The number of nitrogens with zero attached hydrogens (tertiary/aromatic N) is 1. The normalized spacial score (nSPS) is 10.2. The van der Waals surface area contributed by atoms with Crippen LogP contribution in [-0.2, 0) is 0 Å². The van der Waals surface area contributed by atoms with Gasteiger partial charge in [-0.05, 0) is 55.0 Å². The lowest BCUT2D eigenvalue weighted by Gasteiger charge is -2.08. The van der Waals surface area contributed by atoms with Gasteiger partial charge in [-0.15, -0.1) is 0 Å². The molecule has 0 aliphatic heterocycles. The fourth-order valence-corrected chi connectivity index (χ4v) is 2.82. The van der Waals surface area contributed by atoms with Crippen LogP contribution in [0.2, 0.25) is 0 Å². The van der Waals surface area contributed by atoms with E-state index in [2.05, 4.69) is 6.92 Å². The molecule has 0 fully saturated rings. The summed E-state index contributed by atoms with van der Waals surface area (Å²) in [6, 6.07) is 15.4. The van der Waals surface area contributed by atoms with E-state index < -0.39 is 5.97 Å². The van der Waals surface area contributed by atoms with Crippen LogP contribution in [0.1, 0.15) is 62.2 Å². The molecule has 29 heavy (non-hydrogen) atoms. The third kappa shape index (κ3) is 8.69. The number of nitriles is 1. The number of rotatable bonds is 13. The van der Waals surface area contributed by atoms with Gasteiger partial charge in [0.25, 0.3) is 0 Å². The van der Waals surface area contributed by atoms with Gasteiger partial charge in [-0.25, -0.2) is 4.79 Å². The fourth-order valence-electron chi connectivity index (χ4n) is 2.82. The first-order valence-electron chi connectivity index (χ1n) is 10.3. The Kier molecular flexibility index (Phi) is 10.2. The van der Waals surface area contributed by atoms with Gasteiger partial charge >= 0.3 is 5.97 Å². The smallest absolute Gasteiger partial charge is 0.343 e. The number of benzene rings is 2. The van der Waals surface area contributed by atoms with Gasteiger partial charge in [-0.2, -0.15) is 5.26 Å². The van der Waals surface area contributed by atoms with Crippen LogP contribution < -0.4 is 14.2 Å².